The molecule has 16 heavy (non-hydrogen) atoms. The molecule has 1 unspecified atom stereocenters. The lowest BCUT2D eigenvalue weighted by Crippen LogP contribution is -2.21. The van der Waals surface area contributed by atoms with Gasteiger partial charge in [-0.1, -0.05) is 36.7 Å². The van der Waals surface area contributed by atoms with E-state index in [4.69, 9.17) is 17.3 Å². The van der Waals surface area contributed by atoms with Crippen LogP contribution in [0.5, 0.6) is 0 Å². The van der Waals surface area contributed by atoms with E-state index >= 15 is 0 Å². The van der Waals surface area contributed by atoms with E-state index in [0.717, 1.165) is 34.5 Å². The number of benzene rings is 1. The van der Waals surface area contributed by atoms with Gasteiger partial charge >= 0.3 is 0 Å². The minimum absolute atomic E-state index is 0. The van der Waals surface area contributed by atoms with Gasteiger partial charge in [-0.3, -0.25) is 0 Å². The van der Waals surface area contributed by atoms with Crippen LogP contribution in [0.2, 0.25) is 5.02 Å². The molecular weight excluding hydrogens is 243 g/mol. The first kappa shape index (κ1) is 13.4. The Morgan fingerprint density at radius 3 is 2.69 bits per heavy atom. The van der Waals surface area contributed by atoms with Crippen LogP contribution in [0.25, 0.3) is 10.9 Å². The van der Waals surface area contributed by atoms with Crippen LogP contribution in [0, 0.1) is 0 Å². The van der Waals surface area contributed by atoms with Crippen molar-refractivity contribution in [2.24, 2.45) is 5.73 Å². The third-order valence-electron chi connectivity index (χ3n) is 2.70. The number of hydrogen-bond donors (Lipinski definition) is 2. The SMILES string of the molecule is CCC(N)Cc1[nH]c2ccccc2c1Cl.Cl. The third kappa shape index (κ3) is 2.51. The van der Waals surface area contributed by atoms with Crippen molar-refractivity contribution in [3.63, 3.8) is 0 Å². The highest BCUT2D eigenvalue weighted by Gasteiger charge is 2.11. The molecule has 2 rings (SSSR count). The zero-order chi connectivity index (χ0) is 10.8. The van der Waals surface area contributed by atoms with Gasteiger partial charge in [-0.2, -0.15) is 0 Å². The molecule has 0 aliphatic carbocycles. The average Bonchev–Trinajstić information content (AvgIpc) is 2.57. The smallest absolute Gasteiger partial charge is 0.0692 e. The molecule has 0 saturated carbocycles. The predicted octanol–water partition coefficient (Wildman–Crippen LogP) is 3.52. The molecule has 4 heteroatoms. The molecule has 0 radical (unpaired) electrons. The van der Waals surface area contributed by atoms with E-state index in [1.54, 1.807) is 0 Å². The number of halogens is 2. The van der Waals surface area contributed by atoms with Crippen LogP contribution in [0.1, 0.15) is 19.0 Å². The molecule has 0 bridgehead atoms. The van der Waals surface area contributed by atoms with E-state index in [1.807, 2.05) is 24.3 Å². The number of hydrogen-bond acceptors (Lipinski definition) is 1. The van der Waals surface area contributed by atoms with E-state index in [9.17, 15) is 0 Å². The van der Waals surface area contributed by atoms with Gasteiger partial charge in [0.05, 0.1) is 5.02 Å². The lowest BCUT2D eigenvalue weighted by molar-refractivity contribution is 0.639. The van der Waals surface area contributed by atoms with Gasteiger partial charge in [0, 0.05) is 29.1 Å². The zero-order valence-electron chi connectivity index (χ0n) is 9.16. The molecule has 0 fully saturated rings. The Morgan fingerprint density at radius 2 is 2.06 bits per heavy atom. The van der Waals surface area contributed by atoms with Crippen LogP contribution < -0.4 is 5.73 Å². The summed E-state index contributed by atoms with van der Waals surface area (Å²) in [5, 5.41) is 1.90. The highest BCUT2D eigenvalue weighted by molar-refractivity contribution is 6.36. The highest BCUT2D eigenvalue weighted by Crippen LogP contribution is 2.27. The molecule has 88 valence electrons. The Labute approximate surface area is 107 Å². The lowest BCUT2D eigenvalue weighted by atomic mass is 10.1. The van der Waals surface area contributed by atoms with Gasteiger partial charge < -0.3 is 10.7 Å². The topological polar surface area (TPSA) is 41.8 Å². The summed E-state index contributed by atoms with van der Waals surface area (Å²) in [7, 11) is 0. The van der Waals surface area contributed by atoms with Gasteiger partial charge in [0.1, 0.15) is 0 Å². The van der Waals surface area contributed by atoms with Crippen LogP contribution in [0.4, 0.5) is 0 Å². The molecule has 1 aromatic carbocycles. The molecule has 2 nitrogen and oxygen atoms in total. The number of aromatic nitrogens is 1. The summed E-state index contributed by atoms with van der Waals surface area (Å²) in [4.78, 5) is 3.32. The van der Waals surface area contributed by atoms with Gasteiger partial charge in [0.25, 0.3) is 0 Å². The number of fused-ring (bicyclic) bond motifs is 1. The quantitative estimate of drug-likeness (QED) is 0.869. The fourth-order valence-corrected chi connectivity index (χ4v) is 2.00. The molecule has 3 N–H and O–H groups in total. The van der Waals surface area contributed by atoms with Crippen molar-refractivity contribution in [1.29, 1.82) is 0 Å². The number of nitrogens with one attached hydrogen (secondary N) is 1. The van der Waals surface area contributed by atoms with Crippen molar-refractivity contribution in [1.82, 2.24) is 4.98 Å². The molecule has 0 aliphatic heterocycles. The first-order valence-corrected chi connectivity index (χ1v) is 5.60. The second-order valence-corrected chi connectivity index (χ2v) is 4.21. The number of aromatic amines is 1. The summed E-state index contributed by atoms with van der Waals surface area (Å²) in [5.74, 6) is 0. The molecule has 1 heterocycles. The van der Waals surface area contributed by atoms with E-state index in [0.29, 0.717) is 0 Å². The number of para-hydroxylation sites is 1. The number of nitrogens with two attached hydrogens (primary N) is 1. The van der Waals surface area contributed by atoms with Crippen molar-refractivity contribution in [2.45, 2.75) is 25.8 Å². The maximum atomic E-state index is 6.27. The largest absolute Gasteiger partial charge is 0.357 e. The molecule has 0 amide bonds. The van der Waals surface area contributed by atoms with Crippen molar-refractivity contribution in [2.75, 3.05) is 0 Å². The van der Waals surface area contributed by atoms with Crippen LogP contribution >= 0.6 is 24.0 Å². The van der Waals surface area contributed by atoms with Gasteiger partial charge in [-0.05, 0) is 12.5 Å². The monoisotopic (exact) mass is 258 g/mol. The van der Waals surface area contributed by atoms with Gasteiger partial charge in [0.2, 0.25) is 0 Å². The number of rotatable bonds is 3. The summed E-state index contributed by atoms with van der Waals surface area (Å²) >= 11 is 6.27. The minimum atomic E-state index is 0. The summed E-state index contributed by atoms with van der Waals surface area (Å²) in [6.45, 7) is 2.08. The second-order valence-electron chi connectivity index (χ2n) is 3.84. The Balaban J connectivity index is 0.00000128. The summed E-state index contributed by atoms with van der Waals surface area (Å²) in [5.41, 5.74) is 8.05. The van der Waals surface area contributed by atoms with Crippen molar-refractivity contribution in [3.8, 4) is 0 Å². The van der Waals surface area contributed by atoms with Crippen LogP contribution in [0.15, 0.2) is 24.3 Å². The van der Waals surface area contributed by atoms with E-state index in [1.165, 1.54) is 0 Å². The van der Waals surface area contributed by atoms with E-state index < -0.39 is 0 Å². The predicted molar refractivity (Wildman–Crippen MR) is 72.5 cm³/mol. The maximum Gasteiger partial charge on any atom is 0.0692 e. The molecule has 2 aromatic rings. The van der Waals surface area contributed by atoms with E-state index in [-0.39, 0.29) is 18.4 Å². The van der Waals surface area contributed by atoms with Crippen LogP contribution in [0.3, 0.4) is 0 Å². The number of H-pyrrole nitrogens is 1. The van der Waals surface area contributed by atoms with Crippen molar-refractivity contribution >= 4 is 34.9 Å². The van der Waals surface area contributed by atoms with Crippen LogP contribution in [-0.2, 0) is 6.42 Å². The Hall–Kier alpha value is -0.700. The molecule has 0 spiro atoms. The van der Waals surface area contributed by atoms with Gasteiger partial charge in [-0.15, -0.1) is 12.4 Å². The van der Waals surface area contributed by atoms with Crippen molar-refractivity contribution in [3.05, 3.63) is 35.0 Å². The summed E-state index contributed by atoms with van der Waals surface area (Å²) in [6, 6.07) is 8.22. The standard InChI is InChI=1S/C12H15ClN2.ClH/c1-2-8(14)7-11-12(13)9-5-3-4-6-10(9)15-11;/h3-6,8,15H,2,7,14H2,1H3;1H. The second kappa shape index (κ2) is 5.58. The minimum Gasteiger partial charge on any atom is -0.357 e. The Bertz CT molecular complexity index is 465. The van der Waals surface area contributed by atoms with Gasteiger partial charge in [0.15, 0.2) is 0 Å². The van der Waals surface area contributed by atoms with Crippen molar-refractivity contribution < 1.29 is 0 Å². The Kier molecular flexibility index (Phi) is 4.66. The fraction of sp³-hybridized carbons (Fsp3) is 0.333. The molecule has 0 saturated heterocycles. The molecule has 1 atom stereocenters. The van der Waals surface area contributed by atoms with Gasteiger partial charge in [-0.25, -0.2) is 0 Å². The fourth-order valence-electron chi connectivity index (χ4n) is 1.71. The zero-order valence-corrected chi connectivity index (χ0v) is 10.7. The third-order valence-corrected chi connectivity index (χ3v) is 3.14. The molecule has 1 aromatic heterocycles. The average molecular weight is 259 g/mol. The molecule has 0 aliphatic rings. The molecular formula is C12H16Cl2N2. The summed E-state index contributed by atoms with van der Waals surface area (Å²) < 4.78 is 0. The maximum absolute atomic E-state index is 6.27. The normalized spacial score (nSPS) is 12.4. The first-order valence-electron chi connectivity index (χ1n) is 5.23. The first-order chi connectivity index (χ1) is 7.22. The summed E-state index contributed by atoms with van der Waals surface area (Å²) in [6.07, 6.45) is 1.77. The Morgan fingerprint density at radius 1 is 1.38 bits per heavy atom. The highest BCUT2D eigenvalue weighted by atomic mass is 35.5. The lowest BCUT2D eigenvalue weighted by Gasteiger charge is -2.06. The van der Waals surface area contributed by atoms with E-state index in [2.05, 4.69) is 11.9 Å². The van der Waals surface area contributed by atoms with Crippen LogP contribution in [-0.4, -0.2) is 11.0 Å².